The highest BCUT2D eigenvalue weighted by atomic mass is 32.3. The number of sulfonamides is 1. The highest BCUT2D eigenvalue weighted by molar-refractivity contribution is 8.14. The molecule has 0 unspecified atom stereocenters. The van der Waals surface area contributed by atoms with Crippen molar-refractivity contribution in [1.82, 2.24) is 15.0 Å². The lowest BCUT2D eigenvalue weighted by Crippen LogP contribution is -2.30. The third kappa shape index (κ3) is 4.18. The molecule has 0 radical (unpaired) electrons. The molecule has 1 fully saturated rings. The molecule has 26 heavy (non-hydrogen) atoms. The molecule has 0 aliphatic heterocycles. The van der Waals surface area contributed by atoms with Gasteiger partial charge in [-0.2, -0.15) is 18.7 Å². The lowest BCUT2D eigenvalue weighted by molar-refractivity contribution is 0.516. The van der Waals surface area contributed by atoms with Gasteiger partial charge in [-0.25, -0.2) is 8.42 Å². The Morgan fingerprint density at radius 3 is 2.15 bits per heavy atom. The third-order valence-electron chi connectivity index (χ3n) is 4.16. The lowest BCUT2D eigenvalue weighted by atomic mass is 10.0. The van der Waals surface area contributed by atoms with E-state index in [2.05, 4.69) is 15.0 Å². The first-order valence-electron chi connectivity index (χ1n) is 8.42. The smallest absolute Gasteiger partial charge is 0.276 e. The number of anilines is 3. The standard InChI is InChI=1S/C16H22N6O2S2/c1-11-7-9-13(10-8-11)26(23,24)22(25-12-5-3-2-4-6-12)16-20-14(17)19-15(18)21-16/h7-10,12H,2-6H2,1H3,(H4,17,18,19,20,21). The average molecular weight is 395 g/mol. The lowest BCUT2D eigenvalue weighted by Gasteiger charge is -2.28. The van der Waals surface area contributed by atoms with E-state index < -0.39 is 10.0 Å². The number of benzene rings is 1. The molecule has 1 aliphatic carbocycles. The Balaban J connectivity index is 2.02. The van der Waals surface area contributed by atoms with E-state index >= 15 is 0 Å². The van der Waals surface area contributed by atoms with E-state index in [-0.39, 0.29) is 28.0 Å². The molecular weight excluding hydrogens is 372 g/mol. The molecule has 0 atom stereocenters. The van der Waals surface area contributed by atoms with E-state index in [9.17, 15) is 8.42 Å². The number of aromatic nitrogens is 3. The van der Waals surface area contributed by atoms with Gasteiger partial charge in [0.15, 0.2) is 0 Å². The van der Waals surface area contributed by atoms with E-state index in [1.807, 2.05) is 6.92 Å². The summed E-state index contributed by atoms with van der Waals surface area (Å²) in [6.45, 7) is 1.90. The van der Waals surface area contributed by atoms with Gasteiger partial charge in [0.25, 0.3) is 16.0 Å². The predicted octanol–water partition coefficient (Wildman–Crippen LogP) is 2.52. The van der Waals surface area contributed by atoms with Crippen LogP contribution in [-0.4, -0.2) is 28.6 Å². The van der Waals surface area contributed by atoms with Crippen LogP contribution in [0.15, 0.2) is 29.2 Å². The number of nitrogen functional groups attached to an aromatic ring is 2. The van der Waals surface area contributed by atoms with Crippen LogP contribution >= 0.6 is 11.9 Å². The number of hydrogen-bond acceptors (Lipinski definition) is 8. The SMILES string of the molecule is Cc1ccc(S(=O)(=O)N(SC2CCCCC2)c2nc(N)nc(N)n2)cc1. The summed E-state index contributed by atoms with van der Waals surface area (Å²) in [6, 6.07) is 6.67. The van der Waals surface area contributed by atoms with Gasteiger partial charge < -0.3 is 11.5 Å². The van der Waals surface area contributed by atoms with Gasteiger partial charge in [0.2, 0.25) is 11.9 Å². The Bertz CT molecular complexity index is 847. The highest BCUT2D eigenvalue weighted by Crippen LogP contribution is 2.36. The van der Waals surface area contributed by atoms with Gasteiger partial charge in [0, 0.05) is 5.25 Å². The highest BCUT2D eigenvalue weighted by Gasteiger charge is 2.32. The van der Waals surface area contributed by atoms with Crippen molar-refractivity contribution in [2.75, 3.05) is 15.2 Å². The van der Waals surface area contributed by atoms with Crippen LogP contribution in [0.5, 0.6) is 0 Å². The van der Waals surface area contributed by atoms with Gasteiger partial charge in [-0.3, -0.25) is 0 Å². The summed E-state index contributed by atoms with van der Waals surface area (Å²) in [6.07, 6.45) is 5.23. The van der Waals surface area contributed by atoms with Gasteiger partial charge in [-0.05, 0) is 43.8 Å². The van der Waals surface area contributed by atoms with Crippen LogP contribution in [0.1, 0.15) is 37.7 Å². The third-order valence-corrected chi connectivity index (χ3v) is 7.59. The van der Waals surface area contributed by atoms with Gasteiger partial charge in [0.05, 0.1) is 4.90 Å². The molecule has 10 heteroatoms. The maximum atomic E-state index is 13.3. The molecule has 1 aromatic heterocycles. The van der Waals surface area contributed by atoms with Crippen molar-refractivity contribution in [3.8, 4) is 0 Å². The van der Waals surface area contributed by atoms with E-state index in [0.29, 0.717) is 0 Å². The van der Waals surface area contributed by atoms with Gasteiger partial charge in [-0.15, -0.1) is 0 Å². The van der Waals surface area contributed by atoms with Crippen LogP contribution in [-0.2, 0) is 10.0 Å². The maximum absolute atomic E-state index is 13.3. The fourth-order valence-corrected chi connectivity index (χ4v) is 5.84. The van der Waals surface area contributed by atoms with Crippen molar-refractivity contribution in [2.45, 2.75) is 49.2 Å². The van der Waals surface area contributed by atoms with Gasteiger partial charge >= 0.3 is 0 Å². The van der Waals surface area contributed by atoms with Crippen LogP contribution in [0.2, 0.25) is 0 Å². The Labute approximate surface area is 157 Å². The van der Waals surface area contributed by atoms with Crippen molar-refractivity contribution >= 4 is 39.8 Å². The van der Waals surface area contributed by atoms with Crippen molar-refractivity contribution in [2.24, 2.45) is 0 Å². The number of nitrogens with zero attached hydrogens (tertiary/aromatic N) is 4. The molecule has 0 bridgehead atoms. The minimum absolute atomic E-state index is 0.0638. The summed E-state index contributed by atoms with van der Waals surface area (Å²) in [7, 11) is -3.87. The number of hydrogen-bond donors (Lipinski definition) is 2. The van der Waals surface area contributed by atoms with Crippen molar-refractivity contribution in [1.29, 1.82) is 0 Å². The fourth-order valence-electron chi connectivity index (χ4n) is 2.80. The molecule has 2 aromatic rings. The summed E-state index contributed by atoms with van der Waals surface area (Å²) in [5.41, 5.74) is 12.3. The summed E-state index contributed by atoms with van der Waals surface area (Å²) in [5.74, 6) is -0.284. The minimum atomic E-state index is -3.87. The Kier molecular flexibility index (Phi) is 5.52. The summed E-state index contributed by atoms with van der Waals surface area (Å²) >= 11 is 1.22. The Hall–Kier alpha value is -2.07. The molecule has 3 rings (SSSR count). The monoisotopic (exact) mass is 394 g/mol. The molecule has 1 aliphatic rings. The molecule has 140 valence electrons. The zero-order valence-electron chi connectivity index (χ0n) is 14.5. The second-order valence-electron chi connectivity index (χ2n) is 6.26. The second kappa shape index (κ2) is 7.67. The van der Waals surface area contributed by atoms with Gasteiger partial charge in [-0.1, -0.05) is 37.0 Å². The van der Waals surface area contributed by atoms with Crippen LogP contribution < -0.4 is 15.2 Å². The Morgan fingerprint density at radius 1 is 1.00 bits per heavy atom. The second-order valence-corrected chi connectivity index (χ2v) is 9.52. The van der Waals surface area contributed by atoms with Gasteiger partial charge in [0.1, 0.15) is 0 Å². The number of rotatable bonds is 5. The summed E-state index contributed by atoms with van der Waals surface area (Å²) in [4.78, 5) is 11.9. The number of nitrogens with two attached hydrogens (primary N) is 2. The fraction of sp³-hybridized carbons (Fsp3) is 0.438. The van der Waals surface area contributed by atoms with Crippen molar-refractivity contribution in [3.05, 3.63) is 29.8 Å². The topological polar surface area (TPSA) is 128 Å². The van der Waals surface area contributed by atoms with E-state index in [1.165, 1.54) is 18.4 Å². The van der Waals surface area contributed by atoms with Crippen LogP contribution in [0.4, 0.5) is 17.8 Å². The first-order chi connectivity index (χ1) is 12.4. The summed E-state index contributed by atoms with van der Waals surface area (Å²) in [5, 5.41) is 0.170. The van der Waals surface area contributed by atoms with E-state index in [4.69, 9.17) is 11.5 Å². The van der Waals surface area contributed by atoms with Crippen molar-refractivity contribution < 1.29 is 8.42 Å². The largest absolute Gasteiger partial charge is 0.368 e. The first kappa shape index (κ1) is 18.7. The molecule has 0 spiro atoms. The molecule has 8 nitrogen and oxygen atoms in total. The first-order valence-corrected chi connectivity index (χ1v) is 10.7. The van der Waals surface area contributed by atoms with Crippen LogP contribution in [0.25, 0.3) is 0 Å². The molecule has 1 saturated carbocycles. The summed E-state index contributed by atoms with van der Waals surface area (Å²) < 4.78 is 27.7. The number of aryl methyl sites for hydroxylation is 1. The van der Waals surface area contributed by atoms with E-state index in [0.717, 1.165) is 35.0 Å². The molecule has 1 aromatic carbocycles. The molecule has 4 N–H and O–H groups in total. The minimum Gasteiger partial charge on any atom is -0.368 e. The van der Waals surface area contributed by atoms with Crippen molar-refractivity contribution in [3.63, 3.8) is 0 Å². The zero-order valence-corrected chi connectivity index (χ0v) is 16.1. The molecule has 0 amide bonds. The molecule has 0 saturated heterocycles. The molecule has 1 heterocycles. The van der Waals surface area contributed by atoms with Crippen LogP contribution in [0.3, 0.4) is 0 Å². The maximum Gasteiger partial charge on any atom is 0.276 e. The normalized spacial score (nSPS) is 15.7. The Morgan fingerprint density at radius 2 is 1.58 bits per heavy atom. The zero-order chi connectivity index (χ0) is 18.7. The van der Waals surface area contributed by atoms with Crippen LogP contribution in [0, 0.1) is 6.92 Å². The molecular formula is C16H22N6O2S2. The van der Waals surface area contributed by atoms with E-state index in [1.54, 1.807) is 24.3 Å². The average Bonchev–Trinajstić information content (AvgIpc) is 2.60. The quantitative estimate of drug-likeness (QED) is 0.740. The predicted molar refractivity (Wildman–Crippen MR) is 104 cm³/mol.